The van der Waals surface area contributed by atoms with E-state index in [-0.39, 0.29) is 0 Å². The van der Waals surface area contributed by atoms with Gasteiger partial charge in [-0.25, -0.2) is 0 Å². The lowest BCUT2D eigenvalue weighted by Gasteiger charge is -2.00. The maximum Gasteiger partial charge on any atom is 0.0218 e. The van der Waals surface area contributed by atoms with Crippen molar-refractivity contribution in [3.8, 4) is 0 Å². The first-order valence-corrected chi connectivity index (χ1v) is 3.15. The Morgan fingerprint density at radius 2 is 2.25 bits per heavy atom. The van der Waals surface area contributed by atoms with Gasteiger partial charge in [-0.05, 0) is 20.4 Å². The van der Waals surface area contributed by atoms with Gasteiger partial charge in [-0.3, -0.25) is 0 Å². The summed E-state index contributed by atoms with van der Waals surface area (Å²) in [6.07, 6.45) is 5.47. The van der Waals surface area contributed by atoms with E-state index in [1.165, 1.54) is 0 Å². The Bertz CT molecular complexity index is 66.8. The van der Waals surface area contributed by atoms with E-state index in [9.17, 15) is 0 Å². The van der Waals surface area contributed by atoms with Gasteiger partial charge in [0.15, 0.2) is 0 Å². The van der Waals surface area contributed by atoms with Gasteiger partial charge < -0.3 is 5.32 Å². The van der Waals surface area contributed by atoms with Crippen LogP contribution in [-0.2, 0) is 0 Å². The van der Waals surface area contributed by atoms with Gasteiger partial charge in [-0.2, -0.15) is 0 Å². The SMILES string of the molecule is CC/C=C\[C@H](C)NC. The molecule has 48 valence electrons. The van der Waals surface area contributed by atoms with Crippen molar-refractivity contribution in [2.75, 3.05) is 7.05 Å². The third-order valence-corrected chi connectivity index (χ3v) is 1.12. The molecule has 0 saturated heterocycles. The zero-order chi connectivity index (χ0) is 6.41. The standard InChI is InChI=1S/C7H15N/c1-4-5-6-7(2)8-3/h5-8H,4H2,1-3H3/b6-5-/t7-/m0/s1. The molecule has 1 nitrogen and oxygen atoms in total. The Balaban J connectivity index is 3.21. The molecule has 0 heterocycles. The highest BCUT2D eigenvalue weighted by Crippen LogP contribution is 1.84. The van der Waals surface area contributed by atoms with Gasteiger partial charge in [0, 0.05) is 6.04 Å². The van der Waals surface area contributed by atoms with Crippen molar-refractivity contribution in [2.45, 2.75) is 26.3 Å². The quantitative estimate of drug-likeness (QED) is 0.548. The highest BCUT2D eigenvalue weighted by molar-refractivity contribution is 4.88. The van der Waals surface area contributed by atoms with Gasteiger partial charge >= 0.3 is 0 Å². The second kappa shape index (κ2) is 4.85. The van der Waals surface area contributed by atoms with E-state index in [0.29, 0.717) is 6.04 Å². The third kappa shape index (κ3) is 3.88. The number of hydrogen-bond acceptors (Lipinski definition) is 1. The van der Waals surface area contributed by atoms with Crippen molar-refractivity contribution in [3.05, 3.63) is 12.2 Å². The highest BCUT2D eigenvalue weighted by atomic mass is 14.8. The summed E-state index contributed by atoms with van der Waals surface area (Å²) in [5.41, 5.74) is 0. The summed E-state index contributed by atoms with van der Waals surface area (Å²) in [5, 5.41) is 3.11. The zero-order valence-electron chi connectivity index (χ0n) is 5.94. The summed E-state index contributed by atoms with van der Waals surface area (Å²) >= 11 is 0. The first-order valence-electron chi connectivity index (χ1n) is 3.15. The van der Waals surface area contributed by atoms with E-state index >= 15 is 0 Å². The maximum atomic E-state index is 3.11. The number of nitrogens with one attached hydrogen (secondary N) is 1. The number of allylic oxidation sites excluding steroid dienone is 1. The highest BCUT2D eigenvalue weighted by Gasteiger charge is 1.84. The molecular weight excluding hydrogens is 98.1 g/mol. The Morgan fingerprint density at radius 1 is 1.62 bits per heavy atom. The van der Waals surface area contributed by atoms with Crippen LogP contribution in [0.1, 0.15) is 20.3 Å². The van der Waals surface area contributed by atoms with E-state index in [4.69, 9.17) is 0 Å². The lowest BCUT2D eigenvalue weighted by molar-refractivity contribution is 0.726. The molecule has 1 heteroatoms. The Labute approximate surface area is 51.8 Å². The Morgan fingerprint density at radius 3 is 2.62 bits per heavy atom. The van der Waals surface area contributed by atoms with Crippen molar-refractivity contribution in [1.82, 2.24) is 5.32 Å². The molecule has 1 N–H and O–H groups in total. The van der Waals surface area contributed by atoms with Gasteiger partial charge in [0.25, 0.3) is 0 Å². The molecule has 0 spiro atoms. The van der Waals surface area contributed by atoms with Gasteiger partial charge in [0.1, 0.15) is 0 Å². The monoisotopic (exact) mass is 113 g/mol. The fraction of sp³-hybridized carbons (Fsp3) is 0.714. The molecule has 8 heavy (non-hydrogen) atoms. The minimum atomic E-state index is 0.523. The van der Waals surface area contributed by atoms with Crippen LogP contribution in [0.3, 0.4) is 0 Å². The molecule has 0 fully saturated rings. The second-order valence-electron chi connectivity index (χ2n) is 1.91. The topological polar surface area (TPSA) is 12.0 Å². The van der Waals surface area contributed by atoms with Crippen LogP contribution in [0.4, 0.5) is 0 Å². The molecule has 0 radical (unpaired) electrons. The fourth-order valence-electron chi connectivity index (χ4n) is 0.436. The summed E-state index contributed by atoms with van der Waals surface area (Å²) in [4.78, 5) is 0. The molecule has 0 aromatic heterocycles. The minimum absolute atomic E-state index is 0.523. The Hall–Kier alpha value is -0.300. The van der Waals surface area contributed by atoms with Gasteiger partial charge in [0.2, 0.25) is 0 Å². The summed E-state index contributed by atoms with van der Waals surface area (Å²) in [6, 6.07) is 0.523. The lowest BCUT2D eigenvalue weighted by atomic mass is 10.3. The van der Waals surface area contributed by atoms with Crippen molar-refractivity contribution < 1.29 is 0 Å². The zero-order valence-corrected chi connectivity index (χ0v) is 5.94. The molecular formula is C7H15N. The Kier molecular flexibility index (Phi) is 4.67. The average molecular weight is 113 g/mol. The van der Waals surface area contributed by atoms with E-state index in [1.807, 2.05) is 7.05 Å². The normalized spacial score (nSPS) is 14.9. The van der Waals surface area contributed by atoms with Crippen molar-refractivity contribution in [2.24, 2.45) is 0 Å². The van der Waals surface area contributed by atoms with Crippen LogP contribution in [0.2, 0.25) is 0 Å². The third-order valence-electron chi connectivity index (χ3n) is 1.12. The van der Waals surface area contributed by atoms with Gasteiger partial charge in [0.05, 0.1) is 0 Å². The molecule has 0 aromatic rings. The molecule has 0 aliphatic rings. The molecule has 1 atom stereocenters. The molecule has 0 bridgehead atoms. The van der Waals surface area contributed by atoms with Gasteiger partial charge in [-0.15, -0.1) is 0 Å². The molecule has 0 aromatic carbocycles. The number of likely N-dealkylation sites (N-methyl/N-ethyl adjacent to an activating group) is 1. The molecule has 0 amide bonds. The predicted molar refractivity (Wildman–Crippen MR) is 38.0 cm³/mol. The first-order chi connectivity index (χ1) is 3.81. The maximum absolute atomic E-state index is 3.11. The van der Waals surface area contributed by atoms with Crippen LogP contribution in [0.5, 0.6) is 0 Å². The van der Waals surface area contributed by atoms with Crippen molar-refractivity contribution in [1.29, 1.82) is 0 Å². The molecule has 0 unspecified atom stereocenters. The first kappa shape index (κ1) is 7.70. The van der Waals surface area contributed by atoms with E-state index in [1.54, 1.807) is 0 Å². The average Bonchev–Trinajstić information content (AvgIpc) is 1.83. The van der Waals surface area contributed by atoms with Crippen molar-refractivity contribution >= 4 is 0 Å². The summed E-state index contributed by atoms with van der Waals surface area (Å²) < 4.78 is 0. The molecule has 0 aliphatic heterocycles. The van der Waals surface area contributed by atoms with Crippen LogP contribution >= 0.6 is 0 Å². The van der Waals surface area contributed by atoms with Gasteiger partial charge in [-0.1, -0.05) is 19.1 Å². The van der Waals surface area contributed by atoms with Crippen LogP contribution in [0, 0.1) is 0 Å². The smallest absolute Gasteiger partial charge is 0.0218 e. The lowest BCUT2D eigenvalue weighted by Crippen LogP contribution is -2.17. The molecule has 0 saturated carbocycles. The summed E-state index contributed by atoms with van der Waals surface area (Å²) in [7, 11) is 1.96. The van der Waals surface area contributed by atoms with E-state index in [2.05, 4.69) is 31.3 Å². The van der Waals surface area contributed by atoms with Crippen LogP contribution in [0.15, 0.2) is 12.2 Å². The number of rotatable bonds is 3. The van der Waals surface area contributed by atoms with Crippen LogP contribution < -0.4 is 5.32 Å². The second-order valence-corrected chi connectivity index (χ2v) is 1.91. The summed E-state index contributed by atoms with van der Waals surface area (Å²) in [5.74, 6) is 0. The van der Waals surface area contributed by atoms with E-state index in [0.717, 1.165) is 6.42 Å². The van der Waals surface area contributed by atoms with Crippen LogP contribution in [0.25, 0.3) is 0 Å². The minimum Gasteiger partial charge on any atom is -0.314 e. The van der Waals surface area contributed by atoms with Crippen molar-refractivity contribution in [3.63, 3.8) is 0 Å². The summed E-state index contributed by atoms with van der Waals surface area (Å²) in [6.45, 7) is 4.27. The van der Waals surface area contributed by atoms with E-state index < -0.39 is 0 Å². The molecule has 0 rings (SSSR count). The fourth-order valence-corrected chi connectivity index (χ4v) is 0.436. The van der Waals surface area contributed by atoms with Crippen LogP contribution in [-0.4, -0.2) is 13.1 Å². The predicted octanol–water partition coefficient (Wildman–Crippen LogP) is 1.56. The number of hydrogen-bond donors (Lipinski definition) is 1. The molecule has 0 aliphatic carbocycles. The largest absolute Gasteiger partial charge is 0.314 e.